The van der Waals surface area contributed by atoms with Gasteiger partial charge in [0.25, 0.3) is 0 Å². The number of benzene rings is 1. The minimum atomic E-state index is -0.427. The van der Waals surface area contributed by atoms with Crippen LogP contribution in [-0.2, 0) is 11.8 Å². The van der Waals surface area contributed by atoms with E-state index in [2.05, 4.69) is 21.4 Å². The van der Waals surface area contributed by atoms with Crippen molar-refractivity contribution in [2.24, 2.45) is 13.0 Å². The molecule has 1 N–H and O–H groups in total. The van der Waals surface area contributed by atoms with Gasteiger partial charge in [-0.2, -0.15) is 5.10 Å². The van der Waals surface area contributed by atoms with E-state index in [0.717, 1.165) is 43.1 Å². The van der Waals surface area contributed by atoms with Crippen LogP contribution in [0.2, 0.25) is 0 Å². The number of aromatic nitrogens is 2. The van der Waals surface area contributed by atoms with Crippen LogP contribution in [-0.4, -0.2) is 53.6 Å². The molecule has 2 bridgehead atoms. The summed E-state index contributed by atoms with van der Waals surface area (Å²) in [6.07, 6.45) is 3.42. The van der Waals surface area contributed by atoms with E-state index >= 15 is 0 Å². The zero-order valence-corrected chi connectivity index (χ0v) is 18.4. The smallest absolute Gasteiger partial charge is 0.411 e. The van der Waals surface area contributed by atoms with Crippen LogP contribution < -0.4 is 10.1 Å². The summed E-state index contributed by atoms with van der Waals surface area (Å²) >= 11 is 0. The highest BCUT2D eigenvalue weighted by molar-refractivity contribution is 5.84. The number of anilines is 1. The van der Waals surface area contributed by atoms with Gasteiger partial charge in [0.15, 0.2) is 5.76 Å². The van der Waals surface area contributed by atoms with Crippen LogP contribution in [0.3, 0.4) is 0 Å². The van der Waals surface area contributed by atoms with Crippen LogP contribution in [0, 0.1) is 5.92 Å². The molecule has 5 heterocycles. The van der Waals surface area contributed by atoms with Crippen LogP contribution in [0.5, 0.6) is 5.75 Å². The minimum Gasteiger partial charge on any atom is -0.497 e. The van der Waals surface area contributed by atoms with Gasteiger partial charge in [-0.1, -0.05) is 0 Å². The average Bonchev–Trinajstić information content (AvgIpc) is 3.48. The van der Waals surface area contributed by atoms with Crippen LogP contribution >= 0.6 is 0 Å². The summed E-state index contributed by atoms with van der Waals surface area (Å²) in [4.78, 5) is 14.7. The van der Waals surface area contributed by atoms with Gasteiger partial charge in [0.2, 0.25) is 0 Å². The van der Waals surface area contributed by atoms with Gasteiger partial charge < -0.3 is 13.9 Å². The number of carbonyl (C=O) groups excluding carboxylic acids is 1. The number of aryl methyl sites for hydroxylation is 1. The molecule has 2 aromatic heterocycles. The fraction of sp³-hybridized carbons (Fsp3) is 0.417. The number of hydrogen-bond acceptors (Lipinski definition) is 6. The largest absolute Gasteiger partial charge is 0.497 e. The number of piperidine rings is 3. The SMILES string of the molecule is COc1ccc(NC(=O)OC[C@H]2C[C@@H]3CCN2C[C@H]3c2cc(-c3ccco3)nn2C)cc1. The molecule has 0 saturated carbocycles. The lowest BCUT2D eigenvalue weighted by atomic mass is 9.74. The number of carbonyl (C=O) groups is 1. The number of hydrogen-bond donors (Lipinski definition) is 1. The molecule has 168 valence electrons. The van der Waals surface area contributed by atoms with Crippen LogP contribution in [0.15, 0.2) is 53.1 Å². The lowest BCUT2D eigenvalue weighted by Gasteiger charge is -2.49. The van der Waals surface area contributed by atoms with Crippen molar-refractivity contribution >= 4 is 11.8 Å². The molecule has 3 aliphatic heterocycles. The number of rotatable bonds is 6. The standard InChI is InChI=1S/C24H28N4O4/c1-27-22(13-21(26-27)23-4-3-11-31-23)20-14-28-10-9-16(20)12-18(28)15-32-24(29)25-17-5-7-19(30-2)8-6-17/h3-8,11,13,16,18,20H,9-10,12,14-15H2,1-2H3,(H,25,29)/t16-,18+,20+/m0/s1. The highest BCUT2D eigenvalue weighted by Gasteiger charge is 2.42. The average molecular weight is 437 g/mol. The first-order chi connectivity index (χ1) is 15.6. The van der Waals surface area contributed by atoms with E-state index in [1.165, 1.54) is 5.69 Å². The van der Waals surface area contributed by atoms with Crippen molar-refractivity contribution in [1.29, 1.82) is 0 Å². The molecule has 8 nitrogen and oxygen atoms in total. The molecule has 1 aromatic carbocycles. The Balaban J connectivity index is 1.18. The molecule has 3 aromatic rings. The molecule has 32 heavy (non-hydrogen) atoms. The number of methoxy groups -OCH3 is 1. The third-order valence-electron chi connectivity index (χ3n) is 6.69. The molecule has 6 rings (SSSR count). The number of amides is 1. The number of fused-ring (bicyclic) bond motifs is 3. The van der Waals surface area contributed by atoms with Crippen LogP contribution in [0.1, 0.15) is 24.5 Å². The highest BCUT2D eigenvalue weighted by atomic mass is 16.5. The number of nitrogens with one attached hydrogen (secondary N) is 1. The van der Waals surface area contributed by atoms with E-state index < -0.39 is 6.09 Å². The number of ether oxygens (including phenoxy) is 2. The lowest BCUT2D eigenvalue weighted by molar-refractivity contribution is -0.00222. The minimum absolute atomic E-state index is 0.254. The van der Waals surface area contributed by atoms with Crippen molar-refractivity contribution in [2.45, 2.75) is 24.8 Å². The maximum absolute atomic E-state index is 12.3. The Bertz CT molecular complexity index is 1060. The van der Waals surface area contributed by atoms with E-state index in [9.17, 15) is 4.79 Å². The molecule has 3 saturated heterocycles. The lowest BCUT2D eigenvalue weighted by Crippen LogP contribution is -2.54. The maximum atomic E-state index is 12.3. The first-order valence-electron chi connectivity index (χ1n) is 11.0. The van der Waals surface area contributed by atoms with Crippen molar-refractivity contribution in [3.05, 3.63) is 54.4 Å². The second-order valence-electron chi connectivity index (χ2n) is 8.55. The first-order valence-corrected chi connectivity index (χ1v) is 11.0. The normalized spacial score (nSPS) is 24.3. The summed E-state index contributed by atoms with van der Waals surface area (Å²) in [5, 5.41) is 7.44. The van der Waals surface area contributed by atoms with E-state index in [0.29, 0.717) is 24.1 Å². The van der Waals surface area contributed by atoms with E-state index in [1.807, 2.05) is 23.9 Å². The van der Waals surface area contributed by atoms with Crippen molar-refractivity contribution in [3.63, 3.8) is 0 Å². The Morgan fingerprint density at radius 1 is 1.28 bits per heavy atom. The Morgan fingerprint density at radius 3 is 2.81 bits per heavy atom. The molecule has 0 radical (unpaired) electrons. The number of nitrogens with zero attached hydrogens (tertiary/aromatic N) is 3. The zero-order valence-electron chi connectivity index (χ0n) is 18.4. The highest BCUT2D eigenvalue weighted by Crippen LogP contribution is 2.42. The van der Waals surface area contributed by atoms with Gasteiger partial charge in [0.1, 0.15) is 18.1 Å². The molecule has 1 unspecified atom stereocenters. The number of furan rings is 1. The predicted molar refractivity (Wildman–Crippen MR) is 120 cm³/mol. The van der Waals surface area contributed by atoms with Crippen molar-refractivity contribution in [1.82, 2.24) is 14.7 Å². The van der Waals surface area contributed by atoms with E-state index in [-0.39, 0.29) is 6.04 Å². The van der Waals surface area contributed by atoms with Gasteiger partial charge in [-0.15, -0.1) is 0 Å². The molecular weight excluding hydrogens is 408 g/mol. The predicted octanol–water partition coefficient (Wildman–Crippen LogP) is 4.12. The summed E-state index contributed by atoms with van der Waals surface area (Å²) in [7, 11) is 3.62. The third-order valence-corrected chi connectivity index (χ3v) is 6.69. The Hall–Kier alpha value is -3.26. The second-order valence-corrected chi connectivity index (χ2v) is 8.55. The van der Waals surface area contributed by atoms with Gasteiger partial charge in [-0.3, -0.25) is 14.9 Å². The van der Waals surface area contributed by atoms with Crippen molar-refractivity contribution < 1.29 is 18.7 Å². The Morgan fingerprint density at radius 2 is 2.12 bits per heavy atom. The summed E-state index contributed by atoms with van der Waals surface area (Å²) in [5.41, 5.74) is 2.80. The maximum Gasteiger partial charge on any atom is 0.411 e. The summed E-state index contributed by atoms with van der Waals surface area (Å²) in [6.45, 7) is 2.39. The Kier molecular flexibility index (Phi) is 5.61. The van der Waals surface area contributed by atoms with Gasteiger partial charge in [-0.05, 0) is 67.8 Å². The molecule has 0 spiro atoms. The third kappa shape index (κ3) is 4.10. The Labute approximate surface area is 187 Å². The summed E-state index contributed by atoms with van der Waals surface area (Å²) in [6, 6.07) is 13.4. The van der Waals surface area contributed by atoms with E-state index in [4.69, 9.17) is 13.9 Å². The fourth-order valence-electron chi connectivity index (χ4n) is 5.02. The second kappa shape index (κ2) is 8.70. The van der Waals surface area contributed by atoms with Crippen LogP contribution in [0.25, 0.3) is 11.5 Å². The summed E-state index contributed by atoms with van der Waals surface area (Å²) in [5.74, 6) is 2.52. The quantitative estimate of drug-likeness (QED) is 0.626. The molecule has 3 fully saturated rings. The van der Waals surface area contributed by atoms with Gasteiger partial charge >= 0.3 is 6.09 Å². The van der Waals surface area contributed by atoms with Crippen molar-refractivity contribution in [2.75, 3.05) is 32.1 Å². The summed E-state index contributed by atoms with van der Waals surface area (Å²) < 4.78 is 18.2. The van der Waals surface area contributed by atoms with E-state index in [1.54, 1.807) is 37.6 Å². The first kappa shape index (κ1) is 20.6. The molecule has 3 aliphatic rings. The van der Waals surface area contributed by atoms with Crippen molar-refractivity contribution in [3.8, 4) is 17.2 Å². The molecule has 8 heteroatoms. The van der Waals surface area contributed by atoms with Gasteiger partial charge in [0, 0.05) is 36.9 Å². The monoisotopic (exact) mass is 436 g/mol. The topological polar surface area (TPSA) is 81.8 Å². The van der Waals surface area contributed by atoms with Crippen LogP contribution in [0.4, 0.5) is 10.5 Å². The zero-order chi connectivity index (χ0) is 22.1. The molecule has 1 amide bonds. The van der Waals surface area contributed by atoms with Gasteiger partial charge in [-0.25, -0.2) is 4.79 Å². The molecule has 4 atom stereocenters. The molecule has 0 aliphatic carbocycles. The van der Waals surface area contributed by atoms with Gasteiger partial charge in [0.05, 0.1) is 13.4 Å². The molecular formula is C24H28N4O4. The fourth-order valence-corrected chi connectivity index (χ4v) is 5.02.